The summed E-state index contributed by atoms with van der Waals surface area (Å²) in [6.45, 7) is 5.81. The highest BCUT2D eigenvalue weighted by Gasteiger charge is 2.07. The number of nitrogens with zero attached hydrogens (tertiary/aromatic N) is 3. The van der Waals surface area contributed by atoms with Crippen molar-refractivity contribution < 1.29 is 4.79 Å². The molecule has 0 amide bonds. The Morgan fingerprint density at radius 2 is 2.06 bits per heavy atom. The summed E-state index contributed by atoms with van der Waals surface area (Å²) in [4.78, 5) is 19.9. The summed E-state index contributed by atoms with van der Waals surface area (Å²) in [7, 11) is 0. The van der Waals surface area contributed by atoms with Gasteiger partial charge in [-0.05, 0) is 26.0 Å². The minimum atomic E-state index is 0.0649. The predicted octanol–water partition coefficient (Wildman–Crippen LogP) is 2.48. The van der Waals surface area contributed by atoms with Crippen molar-refractivity contribution in [3.63, 3.8) is 0 Å². The van der Waals surface area contributed by atoms with Crippen molar-refractivity contribution in [3.8, 4) is 5.69 Å². The van der Waals surface area contributed by atoms with Crippen LogP contribution in [0.5, 0.6) is 0 Å². The molecule has 0 saturated carbocycles. The van der Waals surface area contributed by atoms with Crippen molar-refractivity contribution in [1.29, 1.82) is 0 Å². The molecule has 0 radical (unpaired) electrons. The van der Waals surface area contributed by atoms with Gasteiger partial charge in [-0.2, -0.15) is 0 Å². The van der Waals surface area contributed by atoms with Crippen LogP contribution in [-0.2, 0) is 0 Å². The monoisotopic (exact) mass is 229 g/mol. The highest BCUT2D eigenvalue weighted by atomic mass is 16.1. The first kappa shape index (κ1) is 11.5. The minimum Gasteiger partial charge on any atom is -0.302 e. The average Bonchev–Trinajstić information content (AvgIpc) is 2.69. The number of carbonyl (C=O) groups excluding carboxylic acids is 1. The molecule has 0 spiro atoms. The second-order valence-electron chi connectivity index (χ2n) is 3.96. The van der Waals surface area contributed by atoms with Gasteiger partial charge in [0.2, 0.25) is 0 Å². The Morgan fingerprint density at radius 1 is 1.29 bits per heavy atom. The van der Waals surface area contributed by atoms with E-state index < -0.39 is 0 Å². The van der Waals surface area contributed by atoms with E-state index in [1.165, 1.54) is 0 Å². The van der Waals surface area contributed by atoms with Crippen molar-refractivity contribution in [1.82, 2.24) is 14.5 Å². The molecular weight excluding hydrogens is 214 g/mol. The molecule has 0 aliphatic carbocycles. The van der Waals surface area contributed by atoms with Gasteiger partial charge in [-0.3, -0.25) is 9.78 Å². The van der Waals surface area contributed by atoms with Gasteiger partial charge in [0.05, 0.1) is 23.9 Å². The van der Waals surface area contributed by atoms with Crippen LogP contribution in [0, 0.1) is 13.8 Å². The van der Waals surface area contributed by atoms with Crippen molar-refractivity contribution in [2.45, 2.75) is 27.2 Å². The Kier molecular flexibility index (Phi) is 3.04. The Hall–Kier alpha value is -1.97. The first-order chi connectivity index (χ1) is 8.13. The van der Waals surface area contributed by atoms with E-state index in [9.17, 15) is 4.79 Å². The van der Waals surface area contributed by atoms with Gasteiger partial charge >= 0.3 is 0 Å². The third-order valence-corrected chi connectivity index (χ3v) is 2.88. The lowest BCUT2D eigenvalue weighted by Crippen LogP contribution is -2.02. The Bertz CT molecular complexity index is 540. The molecule has 0 aliphatic heterocycles. The summed E-state index contributed by atoms with van der Waals surface area (Å²) in [5.74, 6) is 0.0649. The van der Waals surface area contributed by atoms with Gasteiger partial charge in [0.25, 0.3) is 0 Å². The third-order valence-electron chi connectivity index (χ3n) is 2.88. The van der Waals surface area contributed by atoms with Crippen LogP contribution in [0.2, 0.25) is 0 Å². The van der Waals surface area contributed by atoms with Gasteiger partial charge in [0, 0.05) is 12.1 Å². The maximum absolute atomic E-state index is 11.5. The van der Waals surface area contributed by atoms with Crippen LogP contribution in [0.4, 0.5) is 0 Å². The van der Waals surface area contributed by atoms with Crippen molar-refractivity contribution in [2.75, 3.05) is 0 Å². The zero-order valence-corrected chi connectivity index (χ0v) is 10.3. The van der Waals surface area contributed by atoms with E-state index in [1.807, 2.05) is 31.4 Å². The second kappa shape index (κ2) is 4.49. The molecule has 0 unspecified atom stereocenters. The van der Waals surface area contributed by atoms with E-state index >= 15 is 0 Å². The second-order valence-corrected chi connectivity index (χ2v) is 3.96. The van der Waals surface area contributed by atoms with Gasteiger partial charge in [0.1, 0.15) is 5.69 Å². The molecule has 2 aromatic rings. The Balaban J connectivity index is 2.36. The fourth-order valence-corrected chi connectivity index (χ4v) is 1.63. The number of aromatic nitrogens is 3. The maximum Gasteiger partial charge on any atom is 0.180 e. The van der Waals surface area contributed by atoms with E-state index in [-0.39, 0.29) is 5.78 Å². The van der Waals surface area contributed by atoms with Gasteiger partial charge in [0.15, 0.2) is 5.78 Å². The molecule has 2 aromatic heterocycles. The average molecular weight is 229 g/mol. The highest BCUT2D eigenvalue weighted by Crippen LogP contribution is 2.13. The molecule has 0 saturated heterocycles. The van der Waals surface area contributed by atoms with Crippen LogP contribution in [0.1, 0.15) is 35.2 Å². The zero-order valence-electron chi connectivity index (χ0n) is 10.3. The topological polar surface area (TPSA) is 47.8 Å². The van der Waals surface area contributed by atoms with E-state index in [2.05, 4.69) is 9.97 Å². The molecule has 2 rings (SSSR count). The molecule has 0 fully saturated rings. The molecular formula is C13H15N3O. The summed E-state index contributed by atoms with van der Waals surface area (Å²) in [6, 6.07) is 3.65. The zero-order chi connectivity index (χ0) is 12.4. The fraction of sp³-hybridized carbons (Fsp3) is 0.308. The van der Waals surface area contributed by atoms with Crippen LogP contribution in [0.3, 0.4) is 0 Å². The van der Waals surface area contributed by atoms with E-state index in [0.29, 0.717) is 12.1 Å². The SMILES string of the molecule is CCC(=O)c1ccc(-n2cnc(C)c2C)cn1. The van der Waals surface area contributed by atoms with E-state index in [0.717, 1.165) is 17.1 Å². The molecule has 4 nitrogen and oxygen atoms in total. The van der Waals surface area contributed by atoms with Crippen molar-refractivity contribution in [2.24, 2.45) is 0 Å². The van der Waals surface area contributed by atoms with Crippen LogP contribution in [0.15, 0.2) is 24.7 Å². The lowest BCUT2D eigenvalue weighted by molar-refractivity contribution is 0.0983. The summed E-state index contributed by atoms with van der Waals surface area (Å²) >= 11 is 0. The fourth-order valence-electron chi connectivity index (χ4n) is 1.63. The molecule has 0 aliphatic rings. The first-order valence-corrected chi connectivity index (χ1v) is 5.63. The number of carbonyl (C=O) groups is 1. The lowest BCUT2D eigenvalue weighted by Gasteiger charge is -2.05. The molecule has 17 heavy (non-hydrogen) atoms. The molecule has 2 heterocycles. The number of Topliss-reactive ketones (excluding diaryl/α,β-unsaturated/α-hetero) is 1. The van der Waals surface area contributed by atoms with Crippen molar-refractivity contribution in [3.05, 3.63) is 41.7 Å². The minimum absolute atomic E-state index is 0.0649. The number of rotatable bonds is 3. The maximum atomic E-state index is 11.5. The van der Waals surface area contributed by atoms with Crippen LogP contribution < -0.4 is 0 Å². The predicted molar refractivity (Wildman–Crippen MR) is 65.5 cm³/mol. The molecule has 0 aromatic carbocycles. The number of hydrogen-bond acceptors (Lipinski definition) is 3. The molecule has 0 bridgehead atoms. The van der Waals surface area contributed by atoms with Gasteiger partial charge in [-0.25, -0.2) is 4.98 Å². The number of ketones is 1. The van der Waals surface area contributed by atoms with Crippen LogP contribution in [0.25, 0.3) is 5.69 Å². The first-order valence-electron chi connectivity index (χ1n) is 5.63. The van der Waals surface area contributed by atoms with E-state index in [4.69, 9.17) is 0 Å². The normalized spacial score (nSPS) is 10.5. The number of aryl methyl sites for hydroxylation is 1. The van der Waals surface area contributed by atoms with Gasteiger partial charge in [-0.15, -0.1) is 0 Å². The molecule has 88 valence electrons. The standard InChI is InChI=1S/C13H15N3O/c1-4-13(17)12-6-5-11(7-14-12)16-8-15-9(2)10(16)3/h5-8H,4H2,1-3H3. The summed E-state index contributed by atoms with van der Waals surface area (Å²) in [5.41, 5.74) is 3.53. The largest absolute Gasteiger partial charge is 0.302 e. The van der Waals surface area contributed by atoms with Crippen LogP contribution in [-0.4, -0.2) is 20.3 Å². The summed E-state index contributed by atoms with van der Waals surface area (Å²) in [5, 5.41) is 0. The number of hydrogen-bond donors (Lipinski definition) is 0. The van der Waals surface area contributed by atoms with Crippen molar-refractivity contribution >= 4 is 5.78 Å². The third kappa shape index (κ3) is 2.11. The smallest absolute Gasteiger partial charge is 0.180 e. The summed E-state index contributed by atoms with van der Waals surface area (Å²) < 4.78 is 1.96. The molecule has 4 heteroatoms. The van der Waals surface area contributed by atoms with E-state index in [1.54, 1.807) is 18.6 Å². The summed E-state index contributed by atoms with van der Waals surface area (Å²) in [6.07, 6.45) is 3.95. The highest BCUT2D eigenvalue weighted by molar-refractivity contribution is 5.93. The van der Waals surface area contributed by atoms with Crippen LogP contribution >= 0.6 is 0 Å². The Morgan fingerprint density at radius 3 is 2.53 bits per heavy atom. The number of imidazole rings is 1. The molecule has 0 atom stereocenters. The lowest BCUT2D eigenvalue weighted by atomic mass is 10.2. The Labute approximate surface area is 100 Å². The quantitative estimate of drug-likeness (QED) is 0.760. The van der Waals surface area contributed by atoms with Gasteiger partial charge < -0.3 is 4.57 Å². The number of pyridine rings is 1. The van der Waals surface area contributed by atoms with Gasteiger partial charge in [-0.1, -0.05) is 6.92 Å². The molecule has 0 N–H and O–H groups in total.